The highest BCUT2D eigenvalue weighted by molar-refractivity contribution is 6.17. The first-order chi connectivity index (χ1) is 42.7. The van der Waals surface area contributed by atoms with Gasteiger partial charge < -0.3 is 18.3 Å². The van der Waals surface area contributed by atoms with E-state index in [-0.39, 0.29) is 10.8 Å². The third-order valence-electron chi connectivity index (χ3n) is 17.6. The number of hydrogen-bond donors (Lipinski definition) is 0. The summed E-state index contributed by atoms with van der Waals surface area (Å²) in [6.07, 6.45) is 0. The monoisotopic (exact) mass is 1130 g/mol. The molecule has 0 aliphatic rings. The molecule has 88 heavy (non-hydrogen) atoms. The molecule has 15 aromatic rings. The van der Waals surface area contributed by atoms with Crippen LogP contribution in [0.15, 0.2) is 206 Å². The van der Waals surface area contributed by atoms with E-state index >= 15 is 0 Å². The van der Waals surface area contributed by atoms with Crippen LogP contribution in [-0.2, 0) is 10.8 Å². The SMILES string of the molecule is CC(C)(C)c1ccc2c(c1)c1ccccc1n2-c1c(C#N)c(-n2c3ccc(C#N)cc3c3cc(C#N)ccc32)c(-c2cccc(-c3ccccc3)n2)c(-n2c3ccccc3c3cc(C(C)(C)C)ccc32)c1-n1c2ccc(C#N)cc2c2cc(C#N)ccc21. The van der Waals surface area contributed by atoms with Gasteiger partial charge in [0.25, 0.3) is 0 Å². The van der Waals surface area contributed by atoms with Crippen LogP contribution in [-0.4, -0.2) is 23.3 Å². The number of para-hydroxylation sites is 2. The van der Waals surface area contributed by atoms with Gasteiger partial charge in [0.1, 0.15) is 11.6 Å². The number of nitriles is 5. The molecule has 0 unspecified atom stereocenters. The number of pyridine rings is 1. The minimum atomic E-state index is -0.214. The van der Waals surface area contributed by atoms with Gasteiger partial charge >= 0.3 is 0 Å². The number of fused-ring (bicyclic) bond motifs is 12. The van der Waals surface area contributed by atoms with Crippen LogP contribution in [0.5, 0.6) is 0 Å². The number of nitrogens with zero attached hydrogens (tertiary/aromatic N) is 10. The molecule has 0 fully saturated rings. The molecule has 15 rings (SSSR count). The molecular weight excluding hydrogens is 1080 g/mol. The summed E-state index contributed by atoms with van der Waals surface area (Å²) in [5.41, 5.74) is 15.4. The lowest BCUT2D eigenvalue weighted by Crippen LogP contribution is -2.17. The highest BCUT2D eigenvalue weighted by atomic mass is 15.1. The van der Waals surface area contributed by atoms with E-state index in [9.17, 15) is 26.3 Å². The molecular formula is C78H52N10. The fraction of sp³-hybridized carbons (Fsp3) is 0.103. The Balaban J connectivity index is 1.31. The van der Waals surface area contributed by atoms with Crippen LogP contribution < -0.4 is 0 Å². The van der Waals surface area contributed by atoms with E-state index < -0.39 is 0 Å². The lowest BCUT2D eigenvalue weighted by Gasteiger charge is -2.29. The first kappa shape index (κ1) is 52.8. The highest BCUT2D eigenvalue weighted by Gasteiger charge is 2.36. The van der Waals surface area contributed by atoms with Gasteiger partial charge in [0.15, 0.2) is 0 Å². The Morgan fingerprint density at radius 1 is 0.295 bits per heavy atom. The van der Waals surface area contributed by atoms with Crippen molar-refractivity contribution in [3.8, 4) is 75.6 Å². The van der Waals surface area contributed by atoms with E-state index in [4.69, 9.17) is 4.98 Å². The lowest BCUT2D eigenvalue weighted by molar-refractivity contribution is 0.591. The van der Waals surface area contributed by atoms with Crippen LogP contribution in [0.1, 0.15) is 80.5 Å². The molecule has 5 heterocycles. The quantitative estimate of drug-likeness (QED) is 0.162. The van der Waals surface area contributed by atoms with Crippen LogP contribution in [0, 0.1) is 56.7 Å². The smallest absolute Gasteiger partial charge is 0.104 e. The maximum absolute atomic E-state index is 13.1. The summed E-state index contributed by atoms with van der Waals surface area (Å²) < 4.78 is 9.02. The minimum absolute atomic E-state index is 0.214. The van der Waals surface area contributed by atoms with Crippen LogP contribution >= 0.6 is 0 Å². The van der Waals surface area contributed by atoms with Gasteiger partial charge in [-0.3, -0.25) is 0 Å². The normalized spacial score (nSPS) is 11.9. The summed E-state index contributed by atoms with van der Waals surface area (Å²) in [7, 11) is 0. The Hall–Kier alpha value is -12.0. The van der Waals surface area contributed by atoms with E-state index in [0.29, 0.717) is 78.6 Å². The van der Waals surface area contributed by atoms with Gasteiger partial charge in [0.05, 0.1) is 130 Å². The number of rotatable bonds is 6. The zero-order valence-corrected chi connectivity index (χ0v) is 49.1. The van der Waals surface area contributed by atoms with Gasteiger partial charge in [0, 0.05) is 48.7 Å². The first-order valence-corrected chi connectivity index (χ1v) is 29.2. The van der Waals surface area contributed by atoms with Gasteiger partial charge in [-0.05, 0) is 143 Å². The molecule has 10 aromatic carbocycles. The molecule has 0 N–H and O–H groups in total. The second-order valence-corrected chi connectivity index (χ2v) is 24.7. The molecule has 5 aromatic heterocycles. The number of benzene rings is 10. The van der Waals surface area contributed by atoms with Gasteiger partial charge in [-0.1, -0.05) is 126 Å². The van der Waals surface area contributed by atoms with Gasteiger partial charge in [-0.2, -0.15) is 26.3 Å². The van der Waals surface area contributed by atoms with E-state index in [1.807, 2.05) is 127 Å². The largest absolute Gasteiger partial charge is 0.307 e. The zero-order valence-electron chi connectivity index (χ0n) is 49.1. The molecule has 0 aliphatic carbocycles. The van der Waals surface area contributed by atoms with Gasteiger partial charge in [-0.15, -0.1) is 0 Å². The lowest BCUT2D eigenvalue weighted by atomic mass is 9.86. The molecule has 0 amide bonds. The summed E-state index contributed by atoms with van der Waals surface area (Å²) >= 11 is 0. The van der Waals surface area contributed by atoms with Crippen molar-refractivity contribution in [2.24, 2.45) is 0 Å². The molecule has 0 saturated carbocycles. The number of hydrogen-bond acceptors (Lipinski definition) is 6. The van der Waals surface area contributed by atoms with Crippen LogP contribution in [0.4, 0.5) is 0 Å². The van der Waals surface area contributed by atoms with Crippen molar-refractivity contribution in [3.63, 3.8) is 0 Å². The summed E-state index contributed by atoms with van der Waals surface area (Å²) in [4.78, 5) is 5.76. The molecule has 10 nitrogen and oxygen atoms in total. The Morgan fingerprint density at radius 2 is 0.648 bits per heavy atom. The molecule has 10 heteroatoms. The molecule has 0 radical (unpaired) electrons. The average Bonchev–Trinajstić information content (AvgIpc) is 1.73. The molecule has 0 bridgehead atoms. The van der Waals surface area contributed by atoms with Crippen molar-refractivity contribution >= 4 is 87.2 Å². The summed E-state index contributed by atoms with van der Waals surface area (Å²) in [6, 6.07) is 81.6. The van der Waals surface area contributed by atoms with Crippen molar-refractivity contribution < 1.29 is 0 Å². The van der Waals surface area contributed by atoms with Crippen molar-refractivity contribution in [2.45, 2.75) is 52.4 Å². The Bertz CT molecular complexity index is 5630. The molecule has 0 aliphatic heterocycles. The van der Waals surface area contributed by atoms with Gasteiger partial charge in [-0.25, -0.2) is 4.98 Å². The minimum Gasteiger partial charge on any atom is -0.307 e. The summed E-state index contributed by atoms with van der Waals surface area (Å²) in [5.74, 6) is 0. The average molecular weight is 1130 g/mol. The second-order valence-electron chi connectivity index (χ2n) is 24.7. The van der Waals surface area contributed by atoms with Crippen molar-refractivity contribution in [1.82, 2.24) is 23.3 Å². The van der Waals surface area contributed by atoms with Crippen molar-refractivity contribution in [2.75, 3.05) is 0 Å². The van der Waals surface area contributed by atoms with Gasteiger partial charge in [0.2, 0.25) is 0 Å². The van der Waals surface area contributed by atoms with Crippen LogP contribution in [0.2, 0.25) is 0 Å². The molecule has 0 spiro atoms. The number of aromatic nitrogens is 5. The Kier molecular flexibility index (Phi) is 11.7. The van der Waals surface area contributed by atoms with Crippen LogP contribution in [0.25, 0.3) is 132 Å². The summed E-state index contributed by atoms with van der Waals surface area (Å²) in [6.45, 7) is 13.3. The topological polar surface area (TPSA) is 152 Å². The molecule has 414 valence electrons. The predicted octanol–water partition coefficient (Wildman–Crippen LogP) is 18.8. The third kappa shape index (κ3) is 7.86. The summed E-state index contributed by atoms with van der Waals surface area (Å²) in [5, 5.41) is 62.5. The zero-order chi connectivity index (χ0) is 60.5. The predicted molar refractivity (Wildman–Crippen MR) is 353 cm³/mol. The maximum atomic E-state index is 13.1. The Morgan fingerprint density at radius 3 is 1.07 bits per heavy atom. The van der Waals surface area contributed by atoms with Crippen LogP contribution in [0.3, 0.4) is 0 Å². The highest BCUT2D eigenvalue weighted by Crippen LogP contribution is 2.52. The van der Waals surface area contributed by atoms with E-state index in [0.717, 1.165) is 92.9 Å². The van der Waals surface area contributed by atoms with E-state index in [1.165, 1.54) is 0 Å². The fourth-order valence-electron chi connectivity index (χ4n) is 13.4. The Labute approximate surface area is 507 Å². The van der Waals surface area contributed by atoms with Crippen molar-refractivity contribution in [3.05, 3.63) is 245 Å². The second kappa shape index (κ2) is 19.5. The first-order valence-electron chi connectivity index (χ1n) is 29.2. The maximum Gasteiger partial charge on any atom is 0.104 e. The van der Waals surface area contributed by atoms with E-state index in [2.05, 4.69) is 169 Å². The third-order valence-corrected chi connectivity index (χ3v) is 17.6. The molecule has 0 atom stereocenters. The van der Waals surface area contributed by atoms with E-state index in [1.54, 1.807) is 0 Å². The fourth-order valence-corrected chi connectivity index (χ4v) is 13.4. The molecule has 0 saturated heterocycles. The van der Waals surface area contributed by atoms with Crippen molar-refractivity contribution in [1.29, 1.82) is 26.3 Å². The standard InChI is InChI=1S/C78H52N10/c1-77(2,3)51-27-33-70-59(39-51)53-17-10-12-21-64(53)86(70)74-61(45-83)73(85-66-29-23-46(41-79)35-55(66)56-36-47(42-80)24-30-67(56)85)72(63-20-14-19-62(84-63)50-15-8-7-9-16-50)75(87-65-22-13-11-18-54(65)60-40-52(78(4,5)6)28-34-71(60)87)76(74)88-68-31-25-48(43-81)37-57(68)58-38-49(44-82)26-32-69(58)88/h7-40H,1-6H3.